The molecule has 1 fully saturated rings. The molecule has 0 radical (unpaired) electrons. The molecule has 1 saturated heterocycles. The van der Waals surface area contributed by atoms with Crippen molar-refractivity contribution in [2.24, 2.45) is 0 Å². The highest BCUT2D eigenvalue weighted by atomic mass is 32.2. The van der Waals surface area contributed by atoms with Gasteiger partial charge < -0.3 is 14.0 Å². The minimum Gasteiger partial charge on any atom is -0.493 e. The number of hydrogen-bond acceptors (Lipinski definition) is 5. The van der Waals surface area contributed by atoms with Crippen molar-refractivity contribution in [3.05, 3.63) is 48.3 Å². The standard InChI is InChI=1S/C22H27N3O4S/c1-15(2)25-18-9-6-5-8-17(18)23-22(25)19-10-7-13-24(19)30(26,27)16-11-12-20(28-3)21(14-16)29-4/h5-6,8-9,11-12,14-15,19H,7,10,13H2,1-4H3. The Morgan fingerprint density at radius 2 is 1.80 bits per heavy atom. The first-order chi connectivity index (χ1) is 14.4. The topological polar surface area (TPSA) is 73.7 Å². The number of nitrogens with zero attached hydrogens (tertiary/aromatic N) is 3. The van der Waals surface area contributed by atoms with E-state index in [0.717, 1.165) is 29.7 Å². The number of methoxy groups -OCH3 is 2. The minimum atomic E-state index is -3.73. The van der Waals surface area contributed by atoms with Crippen molar-refractivity contribution in [3.63, 3.8) is 0 Å². The zero-order valence-corrected chi connectivity index (χ0v) is 18.5. The minimum absolute atomic E-state index is 0.165. The van der Waals surface area contributed by atoms with E-state index in [2.05, 4.69) is 18.4 Å². The smallest absolute Gasteiger partial charge is 0.243 e. The first kappa shape index (κ1) is 20.7. The van der Waals surface area contributed by atoms with Crippen LogP contribution < -0.4 is 9.47 Å². The molecule has 1 unspecified atom stereocenters. The molecule has 1 aliphatic rings. The summed E-state index contributed by atoms with van der Waals surface area (Å²) in [5, 5.41) is 0. The van der Waals surface area contributed by atoms with Gasteiger partial charge in [0.25, 0.3) is 0 Å². The van der Waals surface area contributed by atoms with Crippen molar-refractivity contribution in [2.45, 2.75) is 43.7 Å². The maximum atomic E-state index is 13.6. The molecule has 160 valence electrons. The zero-order chi connectivity index (χ0) is 21.5. The molecule has 4 rings (SSSR count). The molecule has 2 heterocycles. The van der Waals surface area contributed by atoms with Gasteiger partial charge in [-0.1, -0.05) is 12.1 Å². The van der Waals surface area contributed by atoms with Gasteiger partial charge in [-0.15, -0.1) is 0 Å². The van der Waals surface area contributed by atoms with Crippen LogP contribution in [0.5, 0.6) is 11.5 Å². The number of sulfonamides is 1. The summed E-state index contributed by atoms with van der Waals surface area (Å²) in [6, 6.07) is 12.5. The average Bonchev–Trinajstić information content (AvgIpc) is 3.37. The Hall–Kier alpha value is -2.58. The number of rotatable bonds is 6. The molecule has 1 atom stereocenters. The third kappa shape index (κ3) is 3.33. The highest BCUT2D eigenvalue weighted by Gasteiger charge is 2.39. The molecule has 0 aliphatic carbocycles. The fraction of sp³-hybridized carbons (Fsp3) is 0.409. The van der Waals surface area contributed by atoms with E-state index < -0.39 is 10.0 Å². The summed E-state index contributed by atoms with van der Waals surface area (Å²) in [6.45, 7) is 4.65. The predicted molar refractivity (Wildman–Crippen MR) is 116 cm³/mol. The van der Waals surface area contributed by atoms with Gasteiger partial charge in [0, 0.05) is 18.7 Å². The van der Waals surface area contributed by atoms with Gasteiger partial charge >= 0.3 is 0 Å². The SMILES string of the molecule is COc1ccc(S(=O)(=O)N2CCCC2c2nc3ccccc3n2C(C)C)cc1OC. The first-order valence-electron chi connectivity index (χ1n) is 10.1. The molecule has 0 amide bonds. The van der Waals surface area contributed by atoms with Gasteiger partial charge in [0.15, 0.2) is 11.5 Å². The van der Waals surface area contributed by atoms with E-state index in [1.165, 1.54) is 20.3 Å². The third-order valence-electron chi connectivity index (χ3n) is 5.60. The second-order valence-electron chi connectivity index (χ2n) is 7.71. The van der Waals surface area contributed by atoms with E-state index in [1.807, 2.05) is 24.3 Å². The van der Waals surface area contributed by atoms with Gasteiger partial charge in [-0.2, -0.15) is 4.31 Å². The van der Waals surface area contributed by atoms with Crippen LogP contribution >= 0.6 is 0 Å². The van der Waals surface area contributed by atoms with Crippen LogP contribution in [0.3, 0.4) is 0 Å². The summed E-state index contributed by atoms with van der Waals surface area (Å²) in [4.78, 5) is 5.04. The maximum absolute atomic E-state index is 13.6. The largest absolute Gasteiger partial charge is 0.493 e. The van der Waals surface area contributed by atoms with Crippen LogP contribution in [0.2, 0.25) is 0 Å². The van der Waals surface area contributed by atoms with Crippen LogP contribution in [-0.2, 0) is 10.0 Å². The lowest BCUT2D eigenvalue weighted by atomic mass is 10.2. The van der Waals surface area contributed by atoms with Crippen molar-refractivity contribution >= 4 is 21.1 Å². The van der Waals surface area contributed by atoms with Gasteiger partial charge in [0.1, 0.15) is 5.82 Å². The molecule has 7 nitrogen and oxygen atoms in total. The van der Waals surface area contributed by atoms with Crippen molar-refractivity contribution in [3.8, 4) is 11.5 Å². The summed E-state index contributed by atoms with van der Waals surface area (Å²) < 4.78 is 41.4. The molecule has 30 heavy (non-hydrogen) atoms. The van der Waals surface area contributed by atoms with Crippen LogP contribution in [0.4, 0.5) is 0 Å². The van der Waals surface area contributed by atoms with E-state index in [9.17, 15) is 8.42 Å². The lowest BCUT2D eigenvalue weighted by Crippen LogP contribution is -2.32. The second-order valence-corrected chi connectivity index (χ2v) is 9.60. The van der Waals surface area contributed by atoms with Crippen molar-refractivity contribution in [1.82, 2.24) is 13.9 Å². The fourth-order valence-electron chi connectivity index (χ4n) is 4.24. The Kier molecular flexibility index (Phi) is 5.46. The van der Waals surface area contributed by atoms with Crippen molar-refractivity contribution in [1.29, 1.82) is 0 Å². The van der Waals surface area contributed by atoms with Gasteiger partial charge in [0.05, 0.1) is 36.2 Å². The lowest BCUT2D eigenvalue weighted by Gasteiger charge is -2.26. The van der Waals surface area contributed by atoms with E-state index in [4.69, 9.17) is 14.5 Å². The zero-order valence-electron chi connectivity index (χ0n) is 17.7. The Balaban J connectivity index is 1.79. The number of para-hydroxylation sites is 2. The molecule has 0 bridgehead atoms. The first-order valence-corrected chi connectivity index (χ1v) is 11.5. The van der Waals surface area contributed by atoms with Gasteiger partial charge in [-0.25, -0.2) is 13.4 Å². The van der Waals surface area contributed by atoms with Crippen LogP contribution in [0, 0.1) is 0 Å². The highest BCUT2D eigenvalue weighted by Crippen LogP contribution is 2.40. The monoisotopic (exact) mass is 429 g/mol. The second kappa shape index (κ2) is 7.92. The molecule has 0 saturated carbocycles. The van der Waals surface area contributed by atoms with E-state index in [1.54, 1.807) is 16.4 Å². The molecule has 0 N–H and O–H groups in total. The fourth-order valence-corrected chi connectivity index (χ4v) is 5.91. The van der Waals surface area contributed by atoms with Crippen LogP contribution in [0.1, 0.15) is 44.6 Å². The molecular weight excluding hydrogens is 402 g/mol. The molecule has 3 aromatic rings. The molecule has 8 heteroatoms. The summed E-state index contributed by atoms with van der Waals surface area (Å²) in [5.41, 5.74) is 1.91. The third-order valence-corrected chi connectivity index (χ3v) is 7.51. The molecular formula is C22H27N3O4S. The number of imidazole rings is 1. The van der Waals surface area contributed by atoms with Crippen molar-refractivity contribution < 1.29 is 17.9 Å². The van der Waals surface area contributed by atoms with Gasteiger partial charge in [-0.05, 0) is 51.0 Å². The predicted octanol–water partition coefficient (Wildman–Crippen LogP) is 4.16. The van der Waals surface area contributed by atoms with Gasteiger partial charge in [0.2, 0.25) is 10.0 Å². The highest BCUT2D eigenvalue weighted by molar-refractivity contribution is 7.89. The van der Waals surface area contributed by atoms with Crippen LogP contribution in [0.15, 0.2) is 47.4 Å². The Morgan fingerprint density at radius 3 is 2.50 bits per heavy atom. The Bertz CT molecular complexity index is 1170. The molecule has 1 aromatic heterocycles. The maximum Gasteiger partial charge on any atom is 0.243 e. The number of hydrogen-bond donors (Lipinski definition) is 0. The van der Waals surface area contributed by atoms with E-state index in [-0.39, 0.29) is 17.0 Å². The number of ether oxygens (including phenoxy) is 2. The summed E-state index contributed by atoms with van der Waals surface area (Å²) in [5.74, 6) is 1.69. The molecule has 1 aliphatic heterocycles. The molecule has 2 aromatic carbocycles. The molecule has 0 spiro atoms. The Labute approximate surface area is 177 Å². The van der Waals surface area contributed by atoms with E-state index >= 15 is 0 Å². The van der Waals surface area contributed by atoms with E-state index in [0.29, 0.717) is 18.0 Å². The summed E-state index contributed by atoms with van der Waals surface area (Å²) in [7, 11) is -0.704. The number of aromatic nitrogens is 2. The van der Waals surface area contributed by atoms with Crippen molar-refractivity contribution in [2.75, 3.05) is 20.8 Å². The average molecular weight is 430 g/mol. The summed E-state index contributed by atoms with van der Waals surface area (Å²) in [6.07, 6.45) is 1.53. The Morgan fingerprint density at radius 1 is 1.07 bits per heavy atom. The normalized spacial score (nSPS) is 17.7. The van der Waals surface area contributed by atoms with Crippen LogP contribution in [-0.4, -0.2) is 43.0 Å². The number of benzene rings is 2. The van der Waals surface area contributed by atoms with Crippen LogP contribution in [0.25, 0.3) is 11.0 Å². The summed E-state index contributed by atoms with van der Waals surface area (Å²) >= 11 is 0. The quantitative estimate of drug-likeness (QED) is 0.588. The number of fused-ring (bicyclic) bond motifs is 1. The lowest BCUT2D eigenvalue weighted by molar-refractivity contribution is 0.352. The van der Waals surface area contributed by atoms with Gasteiger partial charge in [-0.3, -0.25) is 0 Å².